The van der Waals surface area contributed by atoms with Gasteiger partial charge in [0.2, 0.25) is 0 Å². The van der Waals surface area contributed by atoms with E-state index in [9.17, 15) is 31.1 Å². The predicted octanol–water partition coefficient (Wildman–Crippen LogP) is 8.00. The summed E-state index contributed by atoms with van der Waals surface area (Å²) in [5, 5.41) is 0. The number of halogens is 6. The van der Waals surface area contributed by atoms with Crippen molar-refractivity contribution in [1.82, 2.24) is 4.98 Å². The molecule has 5 rings (SSSR count). The third kappa shape index (κ3) is 7.63. The Bertz CT molecular complexity index is 1680. The van der Waals surface area contributed by atoms with Crippen molar-refractivity contribution in [1.29, 1.82) is 0 Å². The van der Waals surface area contributed by atoms with Crippen molar-refractivity contribution < 1.29 is 35.9 Å². The lowest BCUT2D eigenvalue weighted by Crippen LogP contribution is -2.19. The van der Waals surface area contributed by atoms with E-state index in [1.54, 1.807) is 18.2 Å². The van der Waals surface area contributed by atoms with E-state index in [4.69, 9.17) is 10.5 Å². The second-order valence-electron chi connectivity index (χ2n) is 10.4. The van der Waals surface area contributed by atoms with Crippen LogP contribution in [0.25, 0.3) is 16.7 Å². The zero-order chi connectivity index (χ0) is 30.7. The Morgan fingerprint density at radius 1 is 0.907 bits per heavy atom. The van der Waals surface area contributed by atoms with Crippen molar-refractivity contribution in [2.24, 2.45) is 0 Å². The fourth-order valence-corrected chi connectivity index (χ4v) is 5.34. The fourth-order valence-electron chi connectivity index (χ4n) is 5.34. The number of alkyl halides is 3. The van der Waals surface area contributed by atoms with Crippen LogP contribution in [0.2, 0.25) is 0 Å². The van der Waals surface area contributed by atoms with Crippen molar-refractivity contribution in [3.8, 4) is 16.9 Å². The van der Waals surface area contributed by atoms with Crippen LogP contribution >= 0.6 is 0 Å². The van der Waals surface area contributed by atoms with Crippen LogP contribution in [0.1, 0.15) is 41.1 Å². The number of Topliss-reactive ketones (excluding diaryl/α,β-unsaturated/α-hetero) is 1. The van der Waals surface area contributed by atoms with Crippen molar-refractivity contribution in [3.05, 3.63) is 119 Å². The number of benzene rings is 3. The van der Waals surface area contributed by atoms with Gasteiger partial charge in [0.1, 0.15) is 34.8 Å². The molecule has 2 N–H and O–H groups in total. The average molecular weight is 597 g/mol. The summed E-state index contributed by atoms with van der Waals surface area (Å²) in [5.41, 5.74) is 9.81. The van der Waals surface area contributed by atoms with Gasteiger partial charge in [0.25, 0.3) is 0 Å². The van der Waals surface area contributed by atoms with Crippen LogP contribution in [0.3, 0.4) is 0 Å². The normalized spacial score (nSPS) is 13.4. The van der Waals surface area contributed by atoms with Crippen LogP contribution in [0, 0.1) is 17.5 Å². The summed E-state index contributed by atoms with van der Waals surface area (Å²) in [6.07, 6.45) is -2.18. The van der Waals surface area contributed by atoms with Crippen LogP contribution in [0.4, 0.5) is 32.2 Å². The van der Waals surface area contributed by atoms with Gasteiger partial charge < -0.3 is 10.5 Å². The summed E-state index contributed by atoms with van der Waals surface area (Å²) >= 11 is 0. The van der Waals surface area contributed by atoms with E-state index < -0.39 is 36.2 Å². The number of carbonyl (C=O) groups is 1. The number of fused-ring (bicyclic) bond motifs is 1. The fraction of sp³-hybridized carbons (Fsp3) is 0.212. The van der Waals surface area contributed by atoms with Crippen LogP contribution < -0.4 is 10.5 Å². The van der Waals surface area contributed by atoms with Gasteiger partial charge in [-0.05, 0) is 89.2 Å². The molecule has 0 aliphatic heterocycles. The van der Waals surface area contributed by atoms with Crippen LogP contribution in [0.5, 0.6) is 5.75 Å². The van der Waals surface area contributed by atoms with Crippen molar-refractivity contribution in [2.75, 3.05) is 12.3 Å². The molecule has 0 amide bonds. The summed E-state index contributed by atoms with van der Waals surface area (Å²) in [5.74, 6) is -2.84. The Balaban J connectivity index is 1.49. The lowest BCUT2D eigenvalue weighted by Gasteiger charge is -2.21. The maximum Gasteiger partial charge on any atom is 0.422 e. The zero-order valence-corrected chi connectivity index (χ0v) is 22.7. The first-order chi connectivity index (χ1) is 20.4. The molecule has 0 bridgehead atoms. The van der Waals surface area contributed by atoms with E-state index in [-0.39, 0.29) is 42.2 Å². The van der Waals surface area contributed by atoms with Crippen molar-refractivity contribution >= 4 is 17.2 Å². The average Bonchev–Trinajstić information content (AvgIpc) is 3.32. The first kappa shape index (κ1) is 29.9. The highest BCUT2D eigenvalue weighted by Crippen LogP contribution is 2.37. The van der Waals surface area contributed by atoms with Crippen LogP contribution in [-0.2, 0) is 17.6 Å². The number of nitrogens with zero attached hydrogens (tertiary/aromatic N) is 1. The number of nitrogens with two attached hydrogens (primary N) is 1. The molecule has 1 aliphatic carbocycles. The van der Waals surface area contributed by atoms with E-state index in [1.807, 2.05) is 6.08 Å². The van der Waals surface area contributed by atoms with Gasteiger partial charge in [-0.15, -0.1) is 0 Å². The first-order valence-electron chi connectivity index (χ1n) is 13.4. The molecule has 3 aromatic carbocycles. The standard InChI is InChI=1S/C33H26F6N2O2/c34-24-7-6-20-4-5-22(30(20)17-24)13-27(42)14-23(10-19-11-25(35)16-26(36)12-19)32-29(8-9-31(40)41-32)21-2-1-3-28(15-21)43-18-33(37,38)39/h1-3,5-9,11-12,15-17,23H,4,10,13-14,18H2,(H2,40,41). The molecule has 1 aromatic heterocycles. The van der Waals surface area contributed by atoms with Gasteiger partial charge >= 0.3 is 6.18 Å². The SMILES string of the molecule is Nc1ccc(-c2cccc(OCC(F)(F)F)c2)c(C(CC(=O)CC2=CCc3ccc(F)cc32)Cc2cc(F)cc(F)c2)n1. The zero-order valence-electron chi connectivity index (χ0n) is 22.7. The van der Waals surface area contributed by atoms with E-state index >= 15 is 0 Å². The van der Waals surface area contributed by atoms with E-state index in [0.29, 0.717) is 34.4 Å². The third-order valence-electron chi connectivity index (χ3n) is 7.13. The quantitative estimate of drug-likeness (QED) is 0.189. The number of aromatic nitrogens is 1. The van der Waals surface area contributed by atoms with Gasteiger partial charge in [0.05, 0.1) is 5.69 Å². The molecule has 0 saturated carbocycles. The highest BCUT2D eigenvalue weighted by molar-refractivity contribution is 5.92. The third-order valence-corrected chi connectivity index (χ3v) is 7.13. The maximum atomic E-state index is 14.1. The van der Waals surface area contributed by atoms with Crippen molar-refractivity contribution in [3.63, 3.8) is 0 Å². The molecule has 0 radical (unpaired) electrons. The Morgan fingerprint density at radius 2 is 1.67 bits per heavy atom. The largest absolute Gasteiger partial charge is 0.484 e. The number of rotatable bonds is 10. The van der Waals surface area contributed by atoms with E-state index in [2.05, 4.69) is 4.98 Å². The molecule has 0 saturated heterocycles. The topological polar surface area (TPSA) is 65.2 Å². The molecule has 0 fully saturated rings. The second-order valence-corrected chi connectivity index (χ2v) is 10.4. The molecule has 1 atom stereocenters. The van der Waals surface area contributed by atoms with Gasteiger partial charge in [-0.25, -0.2) is 18.2 Å². The molecule has 1 aliphatic rings. The number of allylic oxidation sites excluding steroid dienone is 2. The molecular weight excluding hydrogens is 570 g/mol. The number of carbonyl (C=O) groups excluding carboxylic acids is 1. The summed E-state index contributed by atoms with van der Waals surface area (Å²) in [6.45, 7) is -1.48. The van der Waals surface area contributed by atoms with Crippen molar-refractivity contribution in [2.45, 2.75) is 37.8 Å². The molecular formula is C33H26F6N2O2. The molecule has 4 aromatic rings. The number of hydrogen-bond donors (Lipinski definition) is 1. The number of nitrogen functional groups attached to an aromatic ring is 1. The minimum Gasteiger partial charge on any atom is -0.484 e. The summed E-state index contributed by atoms with van der Waals surface area (Å²) < 4.78 is 85.4. The molecule has 0 spiro atoms. The highest BCUT2D eigenvalue weighted by Gasteiger charge is 2.29. The molecule has 10 heteroatoms. The molecule has 43 heavy (non-hydrogen) atoms. The number of hydrogen-bond acceptors (Lipinski definition) is 4. The molecule has 1 unspecified atom stereocenters. The minimum atomic E-state index is -4.53. The van der Waals surface area contributed by atoms with Gasteiger partial charge in [0, 0.05) is 30.4 Å². The summed E-state index contributed by atoms with van der Waals surface area (Å²) in [6, 6.07) is 16.6. The first-order valence-corrected chi connectivity index (χ1v) is 13.4. The van der Waals surface area contributed by atoms with Crippen LogP contribution in [0.15, 0.2) is 78.9 Å². The molecule has 1 heterocycles. The number of anilines is 1. The predicted molar refractivity (Wildman–Crippen MR) is 151 cm³/mol. The summed E-state index contributed by atoms with van der Waals surface area (Å²) in [7, 11) is 0. The smallest absolute Gasteiger partial charge is 0.422 e. The molecule has 4 nitrogen and oxygen atoms in total. The molecule has 222 valence electrons. The maximum absolute atomic E-state index is 14.1. The minimum absolute atomic E-state index is 0.00286. The van der Waals surface area contributed by atoms with Gasteiger partial charge in [-0.3, -0.25) is 4.79 Å². The Kier molecular flexibility index (Phi) is 8.57. The Morgan fingerprint density at radius 3 is 2.42 bits per heavy atom. The van der Waals surface area contributed by atoms with Crippen LogP contribution in [-0.4, -0.2) is 23.6 Å². The Labute approximate surface area is 243 Å². The second kappa shape index (κ2) is 12.3. The number of ketones is 1. The van der Waals surface area contributed by atoms with Gasteiger partial charge in [0.15, 0.2) is 6.61 Å². The number of ether oxygens (including phenoxy) is 1. The van der Waals surface area contributed by atoms with E-state index in [1.165, 1.54) is 36.4 Å². The summed E-state index contributed by atoms with van der Waals surface area (Å²) in [4.78, 5) is 18.0. The van der Waals surface area contributed by atoms with Gasteiger partial charge in [-0.2, -0.15) is 13.2 Å². The van der Waals surface area contributed by atoms with Gasteiger partial charge in [-0.1, -0.05) is 24.3 Å². The highest BCUT2D eigenvalue weighted by atomic mass is 19.4. The monoisotopic (exact) mass is 596 g/mol. The number of pyridine rings is 1. The lowest BCUT2D eigenvalue weighted by molar-refractivity contribution is -0.153. The lowest BCUT2D eigenvalue weighted by atomic mass is 9.85. The van der Waals surface area contributed by atoms with E-state index in [0.717, 1.165) is 23.8 Å². The Hall–Kier alpha value is -4.60.